The van der Waals surface area contributed by atoms with Gasteiger partial charge in [-0.1, -0.05) is 41.4 Å². The van der Waals surface area contributed by atoms with Gasteiger partial charge < -0.3 is 10.2 Å². The smallest absolute Gasteiger partial charge is 0.664 e. The standard InChI is InChI=1S/C12H12NO.Cs/c1-9-4-6-10(7-5-9)12(13)11-3-2-8-14-11;/h2-8,12-13H,1H3;/q-1;+1/t12-;/m1./s1. The Hall–Kier alpha value is 0.512. The van der Waals surface area contributed by atoms with Gasteiger partial charge in [-0.2, -0.15) is 0 Å². The predicted octanol–water partition coefficient (Wildman–Crippen LogP) is 0.734. The van der Waals surface area contributed by atoms with Crippen LogP contribution in [0.4, 0.5) is 0 Å². The zero-order valence-corrected chi connectivity index (χ0v) is 15.3. The van der Waals surface area contributed by atoms with E-state index in [9.17, 15) is 0 Å². The van der Waals surface area contributed by atoms with E-state index in [0.717, 1.165) is 5.56 Å². The molecule has 1 atom stereocenters. The molecule has 1 heterocycles. The van der Waals surface area contributed by atoms with Gasteiger partial charge in [0, 0.05) is 0 Å². The summed E-state index contributed by atoms with van der Waals surface area (Å²) in [5.41, 5.74) is 10.1. The first-order valence-corrected chi connectivity index (χ1v) is 4.58. The van der Waals surface area contributed by atoms with Gasteiger partial charge in [-0.05, 0) is 19.1 Å². The average Bonchev–Trinajstić information content (AvgIpc) is 2.71. The zero-order chi connectivity index (χ0) is 9.97. The van der Waals surface area contributed by atoms with Gasteiger partial charge in [0.05, 0.1) is 12.0 Å². The number of aryl methyl sites for hydroxylation is 1. The minimum Gasteiger partial charge on any atom is -0.664 e. The van der Waals surface area contributed by atoms with Crippen molar-refractivity contribution in [3.63, 3.8) is 0 Å². The molecule has 0 spiro atoms. The predicted molar refractivity (Wildman–Crippen MR) is 56.1 cm³/mol. The molecule has 15 heavy (non-hydrogen) atoms. The Kier molecular flexibility index (Phi) is 5.70. The van der Waals surface area contributed by atoms with Crippen LogP contribution in [0.2, 0.25) is 0 Å². The molecule has 72 valence electrons. The average molecular weight is 319 g/mol. The molecule has 0 saturated carbocycles. The van der Waals surface area contributed by atoms with E-state index in [1.807, 2.05) is 43.3 Å². The Morgan fingerprint density at radius 1 is 1.13 bits per heavy atom. The number of furan rings is 1. The van der Waals surface area contributed by atoms with E-state index in [1.54, 1.807) is 6.26 Å². The minimum absolute atomic E-state index is 0. The van der Waals surface area contributed by atoms with E-state index in [2.05, 4.69) is 0 Å². The molecule has 2 aromatic rings. The second kappa shape index (κ2) is 6.30. The second-order valence-electron chi connectivity index (χ2n) is 3.36. The van der Waals surface area contributed by atoms with Crippen molar-refractivity contribution < 1.29 is 73.3 Å². The number of hydrogen-bond donors (Lipinski definition) is 0. The van der Waals surface area contributed by atoms with Crippen LogP contribution in [-0.4, -0.2) is 0 Å². The molecule has 0 amide bonds. The molecule has 2 rings (SSSR count). The molecule has 1 aromatic carbocycles. The molecule has 2 nitrogen and oxygen atoms in total. The van der Waals surface area contributed by atoms with Crippen LogP contribution in [0.5, 0.6) is 0 Å². The van der Waals surface area contributed by atoms with Crippen molar-refractivity contribution >= 4 is 0 Å². The molecule has 1 N–H and O–H groups in total. The van der Waals surface area contributed by atoms with E-state index in [0.29, 0.717) is 5.76 Å². The maximum absolute atomic E-state index is 7.95. The second-order valence-corrected chi connectivity index (χ2v) is 3.36. The van der Waals surface area contributed by atoms with Gasteiger partial charge in [-0.25, -0.2) is 0 Å². The molecule has 0 aliphatic rings. The topological polar surface area (TPSA) is 36.9 Å². The van der Waals surface area contributed by atoms with Gasteiger partial charge in [0.25, 0.3) is 0 Å². The third-order valence-corrected chi connectivity index (χ3v) is 2.24. The fourth-order valence-electron chi connectivity index (χ4n) is 1.38. The summed E-state index contributed by atoms with van der Waals surface area (Å²) in [5.74, 6) is 0.689. The summed E-state index contributed by atoms with van der Waals surface area (Å²) in [7, 11) is 0. The number of nitrogens with one attached hydrogen (secondary N) is 1. The monoisotopic (exact) mass is 319 g/mol. The maximum atomic E-state index is 7.95. The Labute approximate surface area is 149 Å². The summed E-state index contributed by atoms with van der Waals surface area (Å²) in [5, 5.41) is 0. The molecule has 0 saturated heterocycles. The first kappa shape index (κ1) is 13.6. The van der Waals surface area contributed by atoms with Gasteiger partial charge in [0.1, 0.15) is 0 Å². The number of benzene rings is 1. The molecular weight excluding hydrogens is 307 g/mol. The fourth-order valence-corrected chi connectivity index (χ4v) is 1.38. The Balaban J connectivity index is 0.00000112. The van der Waals surface area contributed by atoms with Crippen molar-refractivity contribution in [1.29, 1.82) is 0 Å². The summed E-state index contributed by atoms with van der Waals surface area (Å²) < 4.78 is 5.19. The number of hydrogen-bond acceptors (Lipinski definition) is 1. The molecule has 1 aromatic heterocycles. The SMILES string of the molecule is Cc1ccc([C@@H]([NH-])c2ccco2)cc1.[Cs+]. The Morgan fingerprint density at radius 2 is 1.80 bits per heavy atom. The van der Waals surface area contributed by atoms with E-state index < -0.39 is 6.04 Å². The third-order valence-electron chi connectivity index (χ3n) is 2.24. The number of rotatable bonds is 2. The van der Waals surface area contributed by atoms with E-state index >= 15 is 0 Å². The van der Waals surface area contributed by atoms with Gasteiger partial charge in [0.2, 0.25) is 0 Å². The Bertz CT molecular complexity index is 394. The van der Waals surface area contributed by atoms with E-state index in [4.69, 9.17) is 10.2 Å². The summed E-state index contributed by atoms with van der Waals surface area (Å²) in [6, 6.07) is 11.2. The van der Waals surface area contributed by atoms with Crippen molar-refractivity contribution in [2.75, 3.05) is 0 Å². The normalized spacial score (nSPS) is 11.9. The van der Waals surface area contributed by atoms with Crippen molar-refractivity contribution in [3.8, 4) is 0 Å². The van der Waals surface area contributed by atoms with Crippen LogP contribution in [0.25, 0.3) is 5.73 Å². The van der Waals surface area contributed by atoms with Crippen molar-refractivity contribution in [3.05, 3.63) is 65.3 Å². The van der Waals surface area contributed by atoms with E-state index in [1.165, 1.54) is 5.56 Å². The third kappa shape index (κ3) is 3.49. The molecule has 0 unspecified atom stereocenters. The molecule has 0 radical (unpaired) electrons. The van der Waals surface area contributed by atoms with Crippen LogP contribution in [0.1, 0.15) is 22.9 Å². The molecule has 0 aliphatic carbocycles. The minimum atomic E-state index is -0.411. The Morgan fingerprint density at radius 3 is 2.33 bits per heavy atom. The van der Waals surface area contributed by atoms with Gasteiger partial charge >= 0.3 is 68.9 Å². The van der Waals surface area contributed by atoms with Crippen molar-refractivity contribution in [1.82, 2.24) is 0 Å². The maximum Gasteiger partial charge on any atom is 1.00 e. The van der Waals surface area contributed by atoms with Crippen LogP contribution >= 0.6 is 0 Å². The van der Waals surface area contributed by atoms with Gasteiger partial charge in [0.15, 0.2) is 0 Å². The summed E-state index contributed by atoms with van der Waals surface area (Å²) in [6.07, 6.45) is 1.60. The molecule has 0 bridgehead atoms. The fraction of sp³-hybridized carbons (Fsp3) is 0.167. The first-order chi connectivity index (χ1) is 6.77. The first-order valence-electron chi connectivity index (χ1n) is 4.58. The van der Waals surface area contributed by atoms with E-state index in [-0.39, 0.29) is 68.9 Å². The summed E-state index contributed by atoms with van der Waals surface area (Å²) >= 11 is 0. The van der Waals surface area contributed by atoms with Crippen LogP contribution in [0, 0.1) is 6.92 Å². The van der Waals surface area contributed by atoms with Crippen molar-refractivity contribution in [2.24, 2.45) is 0 Å². The van der Waals surface area contributed by atoms with Crippen LogP contribution in [0.15, 0.2) is 47.1 Å². The van der Waals surface area contributed by atoms with Crippen LogP contribution < -0.4 is 68.9 Å². The molecule has 0 fully saturated rings. The van der Waals surface area contributed by atoms with Crippen molar-refractivity contribution in [2.45, 2.75) is 13.0 Å². The summed E-state index contributed by atoms with van der Waals surface area (Å²) in [6.45, 7) is 2.04. The largest absolute Gasteiger partial charge is 1.00 e. The summed E-state index contributed by atoms with van der Waals surface area (Å²) in [4.78, 5) is 0. The van der Waals surface area contributed by atoms with Crippen LogP contribution in [-0.2, 0) is 0 Å². The van der Waals surface area contributed by atoms with Crippen LogP contribution in [0.3, 0.4) is 0 Å². The quantitative estimate of drug-likeness (QED) is 0.804. The zero-order valence-electron chi connectivity index (χ0n) is 9.03. The van der Waals surface area contributed by atoms with Gasteiger partial charge in [-0.3, -0.25) is 0 Å². The molecule has 0 aliphatic heterocycles. The molecule has 3 heteroatoms. The van der Waals surface area contributed by atoms with Gasteiger partial charge in [-0.15, -0.1) is 0 Å². The molecular formula is C12H12CsNO.